The fourth-order valence-electron chi connectivity index (χ4n) is 2.11. The van der Waals surface area contributed by atoms with Crippen LogP contribution < -0.4 is 5.32 Å². The molecule has 0 heterocycles. The third-order valence-electron chi connectivity index (χ3n) is 3.30. The van der Waals surface area contributed by atoms with Gasteiger partial charge in [-0.25, -0.2) is 0 Å². The van der Waals surface area contributed by atoms with E-state index in [1.165, 1.54) is 0 Å². The SMILES string of the molecule is OC(CCNCC(O)c1ccccc1)c1ccccc1. The molecule has 0 bridgehead atoms. The minimum Gasteiger partial charge on any atom is -0.388 e. The van der Waals surface area contributed by atoms with E-state index in [4.69, 9.17) is 0 Å². The number of nitrogens with one attached hydrogen (secondary N) is 1. The zero-order chi connectivity index (χ0) is 14.2. The first-order valence-corrected chi connectivity index (χ1v) is 6.94. The van der Waals surface area contributed by atoms with Crippen molar-refractivity contribution < 1.29 is 10.2 Å². The quantitative estimate of drug-likeness (QED) is 0.678. The van der Waals surface area contributed by atoms with Crippen LogP contribution in [0.4, 0.5) is 0 Å². The molecule has 0 aliphatic heterocycles. The van der Waals surface area contributed by atoms with Gasteiger partial charge in [-0.05, 0) is 24.1 Å². The van der Waals surface area contributed by atoms with Gasteiger partial charge in [-0.15, -0.1) is 0 Å². The summed E-state index contributed by atoms with van der Waals surface area (Å²) in [5.74, 6) is 0. The van der Waals surface area contributed by atoms with Gasteiger partial charge in [0.05, 0.1) is 12.2 Å². The molecule has 3 nitrogen and oxygen atoms in total. The highest BCUT2D eigenvalue weighted by Gasteiger charge is 2.08. The van der Waals surface area contributed by atoms with Crippen LogP contribution in [0.5, 0.6) is 0 Å². The van der Waals surface area contributed by atoms with Crippen LogP contribution in [0.2, 0.25) is 0 Å². The van der Waals surface area contributed by atoms with E-state index in [1.807, 2.05) is 60.7 Å². The lowest BCUT2D eigenvalue weighted by Gasteiger charge is -2.14. The Kier molecular flexibility index (Phi) is 5.74. The Labute approximate surface area is 119 Å². The molecule has 2 unspecified atom stereocenters. The zero-order valence-corrected chi connectivity index (χ0v) is 11.4. The summed E-state index contributed by atoms with van der Waals surface area (Å²) in [5, 5.41) is 23.2. The average Bonchev–Trinajstić information content (AvgIpc) is 2.53. The Morgan fingerprint density at radius 2 is 1.25 bits per heavy atom. The van der Waals surface area contributed by atoms with E-state index in [1.54, 1.807) is 0 Å². The summed E-state index contributed by atoms with van der Waals surface area (Å²) in [5.41, 5.74) is 1.83. The molecule has 0 fully saturated rings. The van der Waals surface area contributed by atoms with Crippen LogP contribution in [0, 0.1) is 0 Å². The van der Waals surface area contributed by atoms with Gasteiger partial charge in [0.15, 0.2) is 0 Å². The van der Waals surface area contributed by atoms with Crippen molar-refractivity contribution in [2.75, 3.05) is 13.1 Å². The Bertz CT molecular complexity index is 439. The van der Waals surface area contributed by atoms with Crippen molar-refractivity contribution in [1.82, 2.24) is 5.32 Å². The average molecular weight is 271 g/mol. The number of benzene rings is 2. The highest BCUT2D eigenvalue weighted by atomic mass is 16.3. The van der Waals surface area contributed by atoms with Gasteiger partial charge in [0.25, 0.3) is 0 Å². The van der Waals surface area contributed by atoms with E-state index >= 15 is 0 Å². The number of hydrogen-bond donors (Lipinski definition) is 3. The number of rotatable bonds is 7. The molecule has 106 valence electrons. The molecule has 0 aromatic heterocycles. The third kappa shape index (κ3) is 4.46. The fourth-order valence-corrected chi connectivity index (χ4v) is 2.11. The lowest BCUT2D eigenvalue weighted by molar-refractivity contribution is 0.154. The smallest absolute Gasteiger partial charge is 0.0914 e. The summed E-state index contributed by atoms with van der Waals surface area (Å²) >= 11 is 0. The summed E-state index contributed by atoms with van der Waals surface area (Å²) in [6.45, 7) is 1.16. The molecular weight excluding hydrogens is 250 g/mol. The Balaban J connectivity index is 1.69. The van der Waals surface area contributed by atoms with Gasteiger partial charge >= 0.3 is 0 Å². The summed E-state index contributed by atoms with van der Waals surface area (Å²) in [4.78, 5) is 0. The van der Waals surface area contributed by atoms with E-state index < -0.39 is 12.2 Å². The minimum absolute atomic E-state index is 0.461. The molecule has 3 heteroatoms. The highest BCUT2D eigenvalue weighted by Crippen LogP contribution is 2.15. The van der Waals surface area contributed by atoms with Gasteiger partial charge in [0, 0.05) is 6.54 Å². The van der Waals surface area contributed by atoms with E-state index in [0.717, 1.165) is 11.1 Å². The Morgan fingerprint density at radius 1 is 0.750 bits per heavy atom. The van der Waals surface area contributed by atoms with Crippen molar-refractivity contribution >= 4 is 0 Å². The van der Waals surface area contributed by atoms with Gasteiger partial charge < -0.3 is 15.5 Å². The molecule has 2 atom stereocenters. The monoisotopic (exact) mass is 271 g/mol. The molecule has 0 saturated carbocycles. The summed E-state index contributed by atoms with van der Waals surface area (Å²) in [6, 6.07) is 19.2. The molecule has 2 aromatic carbocycles. The fraction of sp³-hybridized carbons (Fsp3) is 0.294. The van der Waals surface area contributed by atoms with Gasteiger partial charge in [-0.2, -0.15) is 0 Å². The van der Waals surface area contributed by atoms with Crippen LogP contribution in [-0.4, -0.2) is 23.3 Å². The van der Waals surface area contributed by atoms with Crippen LogP contribution in [-0.2, 0) is 0 Å². The molecule has 2 rings (SSSR count). The normalized spacial score (nSPS) is 13.9. The first-order chi connectivity index (χ1) is 9.77. The van der Waals surface area contributed by atoms with Crippen LogP contribution in [0.1, 0.15) is 29.8 Å². The van der Waals surface area contributed by atoms with Crippen molar-refractivity contribution in [3.63, 3.8) is 0 Å². The maximum atomic E-state index is 10.0. The van der Waals surface area contributed by atoms with Gasteiger partial charge in [-0.3, -0.25) is 0 Å². The Hall–Kier alpha value is -1.68. The standard InChI is InChI=1S/C17H21NO2/c19-16(14-7-3-1-4-8-14)11-12-18-13-17(20)15-9-5-2-6-10-15/h1-10,16-20H,11-13H2. The molecule has 2 aromatic rings. The van der Waals surface area contributed by atoms with Crippen LogP contribution in [0.25, 0.3) is 0 Å². The molecule has 3 N–H and O–H groups in total. The first kappa shape index (κ1) is 14.7. The van der Waals surface area contributed by atoms with Crippen LogP contribution in [0.3, 0.4) is 0 Å². The van der Waals surface area contributed by atoms with Crippen molar-refractivity contribution in [1.29, 1.82) is 0 Å². The first-order valence-electron chi connectivity index (χ1n) is 6.94. The van der Waals surface area contributed by atoms with Crippen molar-refractivity contribution in [3.05, 3.63) is 71.8 Å². The van der Waals surface area contributed by atoms with E-state index in [0.29, 0.717) is 19.5 Å². The van der Waals surface area contributed by atoms with Gasteiger partial charge in [0.2, 0.25) is 0 Å². The maximum absolute atomic E-state index is 10.0. The van der Waals surface area contributed by atoms with Gasteiger partial charge in [0.1, 0.15) is 0 Å². The molecule has 20 heavy (non-hydrogen) atoms. The van der Waals surface area contributed by atoms with E-state index in [9.17, 15) is 10.2 Å². The molecule has 0 radical (unpaired) electrons. The van der Waals surface area contributed by atoms with Crippen molar-refractivity contribution in [2.45, 2.75) is 18.6 Å². The van der Waals surface area contributed by atoms with E-state index in [-0.39, 0.29) is 0 Å². The molecule has 0 saturated heterocycles. The van der Waals surface area contributed by atoms with Crippen molar-refractivity contribution in [3.8, 4) is 0 Å². The van der Waals surface area contributed by atoms with Crippen LogP contribution in [0.15, 0.2) is 60.7 Å². The molecular formula is C17H21NO2. The largest absolute Gasteiger partial charge is 0.388 e. The van der Waals surface area contributed by atoms with Crippen molar-refractivity contribution in [2.24, 2.45) is 0 Å². The zero-order valence-electron chi connectivity index (χ0n) is 11.4. The number of aliphatic hydroxyl groups is 2. The third-order valence-corrected chi connectivity index (χ3v) is 3.30. The second-order valence-electron chi connectivity index (χ2n) is 4.85. The second kappa shape index (κ2) is 7.80. The predicted molar refractivity (Wildman–Crippen MR) is 80.3 cm³/mol. The summed E-state index contributed by atoms with van der Waals surface area (Å²) in [7, 11) is 0. The lowest BCUT2D eigenvalue weighted by Crippen LogP contribution is -2.23. The molecule has 0 aliphatic rings. The molecule has 0 spiro atoms. The Morgan fingerprint density at radius 3 is 1.80 bits per heavy atom. The number of aliphatic hydroxyl groups excluding tert-OH is 2. The topological polar surface area (TPSA) is 52.5 Å². The molecule has 0 amide bonds. The second-order valence-corrected chi connectivity index (χ2v) is 4.85. The summed E-state index contributed by atoms with van der Waals surface area (Å²) < 4.78 is 0. The maximum Gasteiger partial charge on any atom is 0.0914 e. The lowest BCUT2D eigenvalue weighted by atomic mass is 10.1. The van der Waals surface area contributed by atoms with Gasteiger partial charge in [-0.1, -0.05) is 60.7 Å². The van der Waals surface area contributed by atoms with E-state index in [2.05, 4.69) is 5.32 Å². The van der Waals surface area contributed by atoms with Crippen LogP contribution >= 0.6 is 0 Å². The summed E-state index contributed by atoms with van der Waals surface area (Å²) in [6.07, 6.45) is -0.339. The number of hydrogen-bond acceptors (Lipinski definition) is 3. The molecule has 0 aliphatic carbocycles. The minimum atomic E-state index is -0.509. The highest BCUT2D eigenvalue weighted by molar-refractivity contribution is 5.18. The predicted octanol–water partition coefficient (Wildman–Crippen LogP) is 2.43.